The monoisotopic (exact) mass is 308 g/mol. The molecule has 0 radical (unpaired) electrons. The summed E-state index contributed by atoms with van der Waals surface area (Å²) in [4.78, 5) is 38.5. The standard InChI is InChI=1S/C14H16N2O4S/c1-2-20-11(17)8-16-12(18)14(15-13(16)19)6-3-4-10-9(14)5-7-21-10/h5,7H,2-4,6,8H2,1H3,(H,15,19)/t14-/m1/s1. The molecule has 2 heterocycles. The number of carbonyl (C=O) groups excluding carboxylic acids is 3. The molecule has 1 spiro atoms. The number of fused-ring (bicyclic) bond motifs is 2. The largest absolute Gasteiger partial charge is 0.465 e. The number of nitrogens with one attached hydrogen (secondary N) is 1. The molecule has 1 N–H and O–H groups in total. The van der Waals surface area contributed by atoms with Crippen LogP contribution in [-0.4, -0.2) is 36.0 Å². The topological polar surface area (TPSA) is 75.7 Å². The van der Waals surface area contributed by atoms with Gasteiger partial charge in [0.25, 0.3) is 5.91 Å². The Kier molecular flexibility index (Phi) is 3.44. The third kappa shape index (κ3) is 2.12. The Labute approximate surface area is 126 Å². The number of esters is 1. The van der Waals surface area contributed by atoms with Gasteiger partial charge in [-0.05, 0) is 37.6 Å². The van der Waals surface area contributed by atoms with Gasteiger partial charge < -0.3 is 10.1 Å². The second kappa shape index (κ2) is 5.14. The Morgan fingerprint density at radius 3 is 3.10 bits per heavy atom. The molecule has 1 fully saturated rings. The van der Waals surface area contributed by atoms with Crippen LogP contribution in [0.25, 0.3) is 0 Å². The van der Waals surface area contributed by atoms with Gasteiger partial charge in [-0.25, -0.2) is 4.79 Å². The molecule has 1 saturated heterocycles. The van der Waals surface area contributed by atoms with Gasteiger partial charge in [0.1, 0.15) is 12.1 Å². The number of hydrogen-bond acceptors (Lipinski definition) is 5. The van der Waals surface area contributed by atoms with E-state index in [9.17, 15) is 14.4 Å². The van der Waals surface area contributed by atoms with Crippen LogP contribution in [0.1, 0.15) is 30.2 Å². The number of rotatable bonds is 3. The molecule has 2 aliphatic rings. The van der Waals surface area contributed by atoms with Gasteiger partial charge in [-0.2, -0.15) is 0 Å². The van der Waals surface area contributed by atoms with Gasteiger partial charge in [-0.15, -0.1) is 11.3 Å². The van der Waals surface area contributed by atoms with Crippen molar-refractivity contribution in [3.63, 3.8) is 0 Å². The van der Waals surface area contributed by atoms with Gasteiger partial charge >= 0.3 is 12.0 Å². The van der Waals surface area contributed by atoms with Crippen molar-refractivity contribution in [2.24, 2.45) is 0 Å². The fourth-order valence-electron chi connectivity index (χ4n) is 3.02. The number of amides is 3. The van der Waals surface area contributed by atoms with E-state index in [1.807, 2.05) is 11.4 Å². The fourth-order valence-corrected chi connectivity index (χ4v) is 4.02. The number of ether oxygens (including phenoxy) is 1. The smallest absolute Gasteiger partial charge is 0.326 e. The van der Waals surface area contributed by atoms with E-state index in [-0.39, 0.29) is 19.1 Å². The van der Waals surface area contributed by atoms with Crippen LogP contribution in [0.15, 0.2) is 11.4 Å². The van der Waals surface area contributed by atoms with E-state index < -0.39 is 17.5 Å². The zero-order chi connectivity index (χ0) is 15.0. The lowest BCUT2D eigenvalue weighted by Gasteiger charge is -2.31. The number of thiophene rings is 1. The average molecular weight is 308 g/mol. The van der Waals surface area contributed by atoms with Gasteiger partial charge in [0.15, 0.2) is 0 Å². The van der Waals surface area contributed by atoms with Crippen molar-refractivity contribution in [2.75, 3.05) is 13.2 Å². The van der Waals surface area contributed by atoms with Crippen LogP contribution in [0.4, 0.5) is 4.79 Å². The van der Waals surface area contributed by atoms with Crippen molar-refractivity contribution in [1.29, 1.82) is 0 Å². The molecule has 0 aromatic carbocycles. The SMILES string of the molecule is CCOC(=O)CN1C(=O)N[C@@]2(CCCc3sccc32)C1=O. The first-order valence-corrected chi connectivity index (χ1v) is 7.83. The number of nitrogens with zero attached hydrogens (tertiary/aromatic N) is 1. The van der Waals surface area contributed by atoms with Crippen LogP contribution in [0.5, 0.6) is 0 Å². The van der Waals surface area contributed by atoms with Gasteiger partial charge in [-0.3, -0.25) is 14.5 Å². The minimum atomic E-state index is -0.989. The molecular formula is C14H16N2O4S. The van der Waals surface area contributed by atoms with Crippen LogP contribution in [0, 0.1) is 0 Å². The van der Waals surface area contributed by atoms with Crippen molar-refractivity contribution in [3.05, 3.63) is 21.9 Å². The minimum absolute atomic E-state index is 0.225. The highest BCUT2D eigenvalue weighted by Crippen LogP contribution is 2.41. The van der Waals surface area contributed by atoms with Crippen molar-refractivity contribution in [2.45, 2.75) is 31.7 Å². The summed E-state index contributed by atoms with van der Waals surface area (Å²) in [5.74, 6) is -0.917. The Morgan fingerprint density at radius 1 is 1.52 bits per heavy atom. The summed E-state index contributed by atoms with van der Waals surface area (Å²) in [6.45, 7) is 1.58. The van der Waals surface area contributed by atoms with Gasteiger partial charge in [-0.1, -0.05) is 0 Å². The number of aryl methyl sites for hydroxylation is 1. The lowest BCUT2D eigenvalue weighted by atomic mass is 9.80. The van der Waals surface area contributed by atoms with Crippen molar-refractivity contribution in [1.82, 2.24) is 10.2 Å². The van der Waals surface area contributed by atoms with Crippen LogP contribution >= 0.6 is 11.3 Å². The maximum absolute atomic E-state index is 12.7. The molecule has 1 aliphatic heterocycles. The molecule has 1 atom stereocenters. The first kappa shape index (κ1) is 14.1. The van der Waals surface area contributed by atoms with Crippen LogP contribution in [0.2, 0.25) is 0 Å². The Bertz CT molecular complexity index is 612. The first-order chi connectivity index (χ1) is 10.1. The molecule has 3 rings (SSSR count). The highest BCUT2D eigenvalue weighted by molar-refractivity contribution is 7.10. The zero-order valence-electron chi connectivity index (χ0n) is 11.7. The molecule has 0 unspecified atom stereocenters. The lowest BCUT2D eigenvalue weighted by Crippen LogP contribution is -2.46. The normalized spacial score (nSPS) is 24.1. The maximum atomic E-state index is 12.7. The van der Waals surface area contributed by atoms with Crippen molar-refractivity contribution < 1.29 is 19.1 Å². The van der Waals surface area contributed by atoms with Crippen molar-refractivity contribution in [3.8, 4) is 0 Å². The van der Waals surface area contributed by atoms with E-state index in [1.54, 1.807) is 18.3 Å². The second-order valence-electron chi connectivity index (χ2n) is 5.14. The summed E-state index contributed by atoms with van der Waals surface area (Å²) in [5, 5.41) is 4.73. The Hall–Kier alpha value is -1.89. The lowest BCUT2D eigenvalue weighted by molar-refractivity contribution is -0.147. The van der Waals surface area contributed by atoms with Gasteiger partial charge in [0.2, 0.25) is 0 Å². The molecule has 6 nitrogen and oxygen atoms in total. The zero-order valence-corrected chi connectivity index (χ0v) is 12.5. The Balaban J connectivity index is 1.89. The van der Waals surface area contributed by atoms with Gasteiger partial charge in [0, 0.05) is 10.4 Å². The maximum Gasteiger partial charge on any atom is 0.326 e. The molecule has 1 aromatic heterocycles. The Morgan fingerprint density at radius 2 is 2.33 bits per heavy atom. The number of urea groups is 1. The van der Waals surface area contributed by atoms with E-state index in [0.29, 0.717) is 6.42 Å². The summed E-state index contributed by atoms with van der Waals surface area (Å²) in [6, 6.07) is 1.37. The summed E-state index contributed by atoms with van der Waals surface area (Å²) in [5.41, 5.74) is -0.111. The van der Waals surface area contributed by atoms with E-state index in [4.69, 9.17) is 4.74 Å². The second-order valence-corrected chi connectivity index (χ2v) is 6.14. The van der Waals surface area contributed by atoms with Crippen LogP contribution in [0.3, 0.4) is 0 Å². The molecular weight excluding hydrogens is 292 g/mol. The van der Waals surface area contributed by atoms with E-state index in [0.717, 1.165) is 28.2 Å². The number of hydrogen-bond donors (Lipinski definition) is 1. The molecule has 1 aromatic rings. The highest BCUT2D eigenvalue weighted by Gasteiger charge is 2.54. The molecule has 7 heteroatoms. The van der Waals surface area contributed by atoms with Crippen LogP contribution < -0.4 is 5.32 Å². The predicted octanol–water partition coefficient (Wildman–Crippen LogP) is 1.39. The highest BCUT2D eigenvalue weighted by atomic mass is 32.1. The third-order valence-electron chi connectivity index (χ3n) is 3.93. The van der Waals surface area contributed by atoms with Crippen LogP contribution in [-0.2, 0) is 26.3 Å². The summed E-state index contributed by atoms with van der Waals surface area (Å²) < 4.78 is 4.82. The van der Waals surface area contributed by atoms with Crippen molar-refractivity contribution >= 4 is 29.2 Å². The average Bonchev–Trinajstić information content (AvgIpc) is 3.01. The molecule has 112 valence electrons. The summed E-state index contributed by atoms with van der Waals surface area (Å²) in [7, 11) is 0. The first-order valence-electron chi connectivity index (χ1n) is 6.95. The predicted molar refractivity (Wildman–Crippen MR) is 75.8 cm³/mol. The molecule has 0 bridgehead atoms. The summed E-state index contributed by atoms with van der Waals surface area (Å²) in [6.07, 6.45) is 2.34. The number of carbonyl (C=O) groups is 3. The minimum Gasteiger partial charge on any atom is -0.465 e. The molecule has 3 amide bonds. The van der Waals surface area contributed by atoms with Gasteiger partial charge in [0.05, 0.1) is 6.61 Å². The quantitative estimate of drug-likeness (QED) is 0.676. The van der Waals surface area contributed by atoms with E-state index in [2.05, 4.69) is 5.32 Å². The molecule has 1 aliphatic carbocycles. The van der Waals surface area contributed by atoms with E-state index in [1.165, 1.54) is 0 Å². The third-order valence-corrected chi connectivity index (χ3v) is 4.91. The number of imide groups is 1. The van der Waals surface area contributed by atoms with E-state index >= 15 is 0 Å². The molecule has 21 heavy (non-hydrogen) atoms. The fraction of sp³-hybridized carbons (Fsp3) is 0.500. The molecule has 0 saturated carbocycles. The summed E-state index contributed by atoms with van der Waals surface area (Å²) >= 11 is 1.60.